The quantitative estimate of drug-likeness (QED) is 0.414. The fraction of sp³-hybridized carbons (Fsp3) is 0.120. The first-order chi connectivity index (χ1) is 16.6. The fourth-order valence-electron chi connectivity index (χ4n) is 2.97. The van der Waals surface area contributed by atoms with Crippen molar-refractivity contribution < 1.29 is 33.8 Å². The van der Waals surface area contributed by atoms with Gasteiger partial charge in [0.1, 0.15) is 0 Å². The second-order valence-corrected chi connectivity index (χ2v) is 8.24. The van der Waals surface area contributed by atoms with Gasteiger partial charge in [0.05, 0.1) is 11.1 Å². The second kappa shape index (κ2) is 11.5. The smallest absolute Gasteiger partial charge is 0.349 e. The summed E-state index contributed by atoms with van der Waals surface area (Å²) in [5.41, 5.74) is 1.15. The van der Waals surface area contributed by atoms with Gasteiger partial charge in [0, 0.05) is 15.7 Å². The standard InChI is InChI=1S/C25H19Cl2NO7/c1-14-3-2-4-19(13-14)28-22(29)20(34-24(32)15-5-9-17(26)10-6-15)21(23(30)31)35-25(33)16-7-11-18(27)12-8-16/h2-13,20-21H,1H3,(H,28,29)(H,30,31)/t20-,21-/m0/s1. The number of carboxylic acid groups (broad SMARTS) is 1. The molecule has 35 heavy (non-hydrogen) atoms. The van der Waals surface area contributed by atoms with Crippen LogP contribution in [0.15, 0.2) is 72.8 Å². The van der Waals surface area contributed by atoms with E-state index in [1.54, 1.807) is 31.2 Å². The first-order valence-corrected chi connectivity index (χ1v) is 10.9. The summed E-state index contributed by atoms with van der Waals surface area (Å²) >= 11 is 11.6. The van der Waals surface area contributed by atoms with Crippen LogP contribution in [0.3, 0.4) is 0 Å². The molecular weight excluding hydrogens is 497 g/mol. The molecule has 0 bridgehead atoms. The number of nitrogens with one attached hydrogen (secondary N) is 1. The van der Waals surface area contributed by atoms with E-state index in [4.69, 9.17) is 32.7 Å². The van der Waals surface area contributed by atoms with Crippen LogP contribution in [-0.2, 0) is 19.1 Å². The third-order valence-electron chi connectivity index (χ3n) is 4.69. The van der Waals surface area contributed by atoms with E-state index in [0.717, 1.165) is 5.56 Å². The predicted molar refractivity (Wildman–Crippen MR) is 129 cm³/mol. The Morgan fingerprint density at radius 3 is 1.71 bits per heavy atom. The van der Waals surface area contributed by atoms with Gasteiger partial charge in [0.2, 0.25) is 12.2 Å². The molecule has 0 fully saturated rings. The number of anilines is 1. The highest BCUT2D eigenvalue weighted by molar-refractivity contribution is 6.31. The van der Waals surface area contributed by atoms with Crippen molar-refractivity contribution in [1.82, 2.24) is 0 Å². The van der Waals surface area contributed by atoms with Crippen molar-refractivity contribution in [1.29, 1.82) is 0 Å². The molecule has 0 saturated carbocycles. The van der Waals surface area contributed by atoms with E-state index in [2.05, 4.69) is 5.32 Å². The molecule has 3 aromatic rings. The summed E-state index contributed by atoms with van der Waals surface area (Å²) in [4.78, 5) is 50.4. The summed E-state index contributed by atoms with van der Waals surface area (Å²) in [6, 6.07) is 17.7. The molecule has 10 heteroatoms. The SMILES string of the molecule is Cc1cccc(NC(=O)[C@@H](OC(=O)c2ccc(Cl)cc2)[C@H](OC(=O)c2ccc(Cl)cc2)C(=O)O)c1. The molecular formula is C25H19Cl2NO7. The maximum absolute atomic E-state index is 13.1. The summed E-state index contributed by atoms with van der Waals surface area (Å²) in [6.07, 6.45) is -4.17. The predicted octanol–water partition coefficient (Wildman–Crippen LogP) is 4.78. The van der Waals surface area contributed by atoms with E-state index in [1.165, 1.54) is 48.5 Å². The number of carboxylic acids is 1. The Morgan fingerprint density at radius 2 is 1.26 bits per heavy atom. The van der Waals surface area contributed by atoms with Crippen molar-refractivity contribution in [2.24, 2.45) is 0 Å². The number of hydrogen-bond donors (Lipinski definition) is 2. The molecule has 3 aromatic carbocycles. The van der Waals surface area contributed by atoms with Gasteiger partial charge in [-0.3, -0.25) is 4.79 Å². The minimum Gasteiger partial charge on any atom is -0.478 e. The number of aliphatic carboxylic acids is 1. The zero-order valence-corrected chi connectivity index (χ0v) is 19.7. The van der Waals surface area contributed by atoms with Crippen molar-refractivity contribution >= 4 is 52.7 Å². The summed E-state index contributed by atoms with van der Waals surface area (Å²) < 4.78 is 10.3. The first-order valence-electron chi connectivity index (χ1n) is 10.2. The lowest BCUT2D eigenvalue weighted by atomic mass is 10.1. The molecule has 0 radical (unpaired) electrons. The van der Waals surface area contributed by atoms with Gasteiger partial charge in [-0.2, -0.15) is 0 Å². The lowest BCUT2D eigenvalue weighted by molar-refractivity contribution is -0.157. The topological polar surface area (TPSA) is 119 Å². The van der Waals surface area contributed by atoms with E-state index in [9.17, 15) is 24.3 Å². The monoisotopic (exact) mass is 515 g/mol. The van der Waals surface area contributed by atoms with Crippen molar-refractivity contribution in [2.45, 2.75) is 19.1 Å². The van der Waals surface area contributed by atoms with E-state index in [0.29, 0.717) is 15.7 Å². The Bertz CT molecular complexity index is 1240. The van der Waals surface area contributed by atoms with E-state index < -0.39 is 36.0 Å². The number of halogens is 2. The zero-order valence-electron chi connectivity index (χ0n) is 18.2. The molecule has 0 heterocycles. The van der Waals surface area contributed by atoms with Crippen molar-refractivity contribution in [3.63, 3.8) is 0 Å². The Labute approximate surface area is 210 Å². The lowest BCUT2D eigenvalue weighted by Crippen LogP contribution is -2.48. The molecule has 0 unspecified atom stereocenters. The van der Waals surface area contributed by atoms with E-state index >= 15 is 0 Å². The number of rotatable bonds is 8. The van der Waals surface area contributed by atoms with Crippen LogP contribution in [0.2, 0.25) is 10.0 Å². The van der Waals surface area contributed by atoms with Crippen LogP contribution in [0.5, 0.6) is 0 Å². The van der Waals surface area contributed by atoms with Gasteiger partial charge in [0.15, 0.2) is 0 Å². The number of carbonyl (C=O) groups excluding carboxylic acids is 3. The van der Waals surface area contributed by atoms with E-state index in [-0.39, 0.29) is 11.1 Å². The van der Waals surface area contributed by atoms with Crippen molar-refractivity contribution in [2.75, 3.05) is 5.32 Å². The van der Waals surface area contributed by atoms with Gasteiger partial charge < -0.3 is 19.9 Å². The average molecular weight is 516 g/mol. The van der Waals surface area contributed by atoms with Crippen LogP contribution >= 0.6 is 23.2 Å². The highest BCUT2D eigenvalue weighted by atomic mass is 35.5. The molecule has 8 nitrogen and oxygen atoms in total. The summed E-state index contributed by atoms with van der Waals surface area (Å²) in [6.45, 7) is 1.79. The van der Waals surface area contributed by atoms with Crippen LogP contribution in [0.1, 0.15) is 26.3 Å². The minimum absolute atomic E-state index is 0.0101. The Hall–Kier alpha value is -3.88. The molecule has 2 atom stereocenters. The maximum Gasteiger partial charge on any atom is 0.349 e. The molecule has 0 spiro atoms. The van der Waals surface area contributed by atoms with Gasteiger partial charge in [0.25, 0.3) is 5.91 Å². The molecule has 2 N–H and O–H groups in total. The van der Waals surface area contributed by atoms with Gasteiger partial charge in [-0.25, -0.2) is 14.4 Å². The number of aryl methyl sites for hydroxylation is 1. The first kappa shape index (κ1) is 25.7. The second-order valence-electron chi connectivity index (χ2n) is 7.36. The Kier molecular flexibility index (Phi) is 8.46. The Balaban J connectivity index is 1.90. The van der Waals surface area contributed by atoms with Crippen molar-refractivity contribution in [3.8, 4) is 0 Å². The third-order valence-corrected chi connectivity index (χ3v) is 5.19. The number of esters is 2. The average Bonchev–Trinajstić information content (AvgIpc) is 2.81. The molecule has 0 aliphatic carbocycles. The minimum atomic E-state index is -2.15. The lowest BCUT2D eigenvalue weighted by Gasteiger charge is -2.23. The highest BCUT2D eigenvalue weighted by Crippen LogP contribution is 2.18. The van der Waals surface area contributed by atoms with Crippen LogP contribution in [0.4, 0.5) is 5.69 Å². The van der Waals surface area contributed by atoms with Crippen LogP contribution < -0.4 is 5.32 Å². The normalized spacial score (nSPS) is 12.2. The zero-order chi connectivity index (χ0) is 25.5. The van der Waals surface area contributed by atoms with Crippen LogP contribution in [-0.4, -0.2) is 41.1 Å². The number of carbonyl (C=O) groups is 4. The van der Waals surface area contributed by atoms with Crippen molar-refractivity contribution in [3.05, 3.63) is 99.5 Å². The number of amides is 1. The summed E-state index contributed by atoms with van der Waals surface area (Å²) in [7, 11) is 0. The van der Waals surface area contributed by atoms with E-state index in [1.807, 2.05) is 0 Å². The third kappa shape index (κ3) is 7.05. The molecule has 3 rings (SSSR count). The van der Waals surface area contributed by atoms with Gasteiger partial charge in [-0.1, -0.05) is 35.3 Å². The molecule has 0 aromatic heterocycles. The van der Waals surface area contributed by atoms with Crippen LogP contribution in [0.25, 0.3) is 0 Å². The van der Waals surface area contributed by atoms with Gasteiger partial charge in [-0.05, 0) is 73.2 Å². The number of ether oxygens (including phenoxy) is 2. The molecule has 180 valence electrons. The summed E-state index contributed by atoms with van der Waals surface area (Å²) in [5.74, 6) is -4.76. The van der Waals surface area contributed by atoms with Crippen LogP contribution in [0, 0.1) is 6.92 Å². The highest BCUT2D eigenvalue weighted by Gasteiger charge is 2.41. The Morgan fingerprint density at radius 1 is 0.771 bits per heavy atom. The van der Waals surface area contributed by atoms with Gasteiger partial charge >= 0.3 is 17.9 Å². The summed E-state index contributed by atoms with van der Waals surface area (Å²) in [5, 5.41) is 13.0. The molecule has 0 saturated heterocycles. The number of hydrogen-bond acceptors (Lipinski definition) is 6. The van der Waals surface area contributed by atoms with Gasteiger partial charge in [-0.15, -0.1) is 0 Å². The number of benzene rings is 3. The largest absolute Gasteiger partial charge is 0.478 e. The maximum atomic E-state index is 13.1. The fourth-order valence-corrected chi connectivity index (χ4v) is 3.22. The molecule has 0 aliphatic heterocycles. The molecule has 1 amide bonds. The molecule has 0 aliphatic rings.